The number of aromatic nitrogens is 1. The highest BCUT2D eigenvalue weighted by molar-refractivity contribution is 7.92. The largest absolute Gasteiger partial charge is 0.439 e. The van der Waals surface area contributed by atoms with Gasteiger partial charge in [-0.25, -0.2) is 17.8 Å². The van der Waals surface area contributed by atoms with Gasteiger partial charge in [-0.15, -0.1) is 6.58 Å². The highest BCUT2D eigenvalue weighted by Crippen LogP contribution is 2.22. The smallest absolute Gasteiger partial charge is 0.261 e. The molecule has 7 nitrogen and oxygen atoms in total. The Labute approximate surface area is 173 Å². The van der Waals surface area contributed by atoms with Gasteiger partial charge in [0.05, 0.1) is 16.8 Å². The number of carbonyl (C=O) groups excluding carboxylic acids is 1. The average Bonchev–Trinajstić information content (AvgIpc) is 2.74. The molecule has 0 spiro atoms. The fraction of sp³-hybridized carbons (Fsp3) is 0.0476. The molecule has 0 aliphatic carbocycles. The second-order valence-electron chi connectivity index (χ2n) is 6.07. The lowest BCUT2D eigenvalue weighted by Gasteiger charge is -2.09. The summed E-state index contributed by atoms with van der Waals surface area (Å²) in [6, 6.07) is 13.9. The van der Waals surface area contributed by atoms with Crippen molar-refractivity contribution in [2.75, 3.05) is 11.3 Å². The van der Waals surface area contributed by atoms with E-state index in [-0.39, 0.29) is 22.4 Å². The minimum absolute atomic E-state index is 0.0681. The van der Waals surface area contributed by atoms with Gasteiger partial charge in [0, 0.05) is 18.2 Å². The molecule has 30 heavy (non-hydrogen) atoms. The molecule has 1 heterocycles. The Morgan fingerprint density at radius 1 is 1.07 bits per heavy atom. The van der Waals surface area contributed by atoms with E-state index in [4.69, 9.17) is 4.74 Å². The van der Waals surface area contributed by atoms with Gasteiger partial charge in [0.25, 0.3) is 15.9 Å². The van der Waals surface area contributed by atoms with Crippen LogP contribution in [0.1, 0.15) is 10.4 Å². The van der Waals surface area contributed by atoms with Crippen LogP contribution in [-0.4, -0.2) is 25.9 Å². The maximum absolute atomic E-state index is 13.0. The van der Waals surface area contributed by atoms with Crippen molar-refractivity contribution in [3.63, 3.8) is 0 Å². The monoisotopic (exact) mass is 427 g/mol. The van der Waals surface area contributed by atoms with Crippen LogP contribution < -0.4 is 14.8 Å². The number of ether oxygens (including phenoxy) is 1. The molecule has 3 rings (SSSR count). The Morgan fingerprint density at radius 2 is 1.77 bits per heavy atom. The quantitative estimate of drug-likeness (QED) is 0.534. The molecule has 0 atom stereocenters. The molecule has 154 valence electrons. The molecule has 1 aromatic heterocycles. The molecule has 0 saturated heterocycles. The highest BCUT2D eigenvalue weighted by atomic mass is 32.2. The van der Waals surface area contributed by atoms with Crippen LogP contribution in [-0.2, 0) is 10.0 Å². The first kappa shape index (κ1) is 21.0. The molecular weight excluding hydrogens is 409 g/mol. The van der Waals surface area contributed by atoms with E-state index in [9.17, 15) is 17.6 Å². The number of nitrogens with zero attached hydrogens (tertiary/aromatic N) is 1. The molecule has 0 aliphatic rings. The maximum atomic E-state index is 13.0. The van der Waals surface area contributed by atoms with E-state index in [0.29, 0.717) is 17.9 Å². The van der Waals surface area contributed by atoms with Gasteiger partial charge in [-0.3, -0.25) is 9.52 Å². The number of carbonyl (C=O) groups is 1. The zero-order valence-corrected chi connectivity index (χ0v) is 16.5. The Kier molecular flexibility index (Phi) is 6.43. The van der Waals surface area contributed by atoms with E-state index in [0.717, 1.165) is 12.1 Å². The number of benzene rings is 2. The van der Waals surface area contributed by atoms with Crippen LogP contribution in [0, 0.1) is 5.82 Å². The molecule has 0 fully saturated rings. The van der Waals surface area contributed by atoms with Crippen molar-refractivity contribution in [1.29, 1.82) is 0 Å². The number of pyridine rings is 1. The van der Waals surface area contributed by atoms with Gasteiger partial charge in [0.1, 0.15) is 11.6 Å². The zero-order valence-electron chi connectivity index (χ0n) is 15.7. The van der Waals surface area contributed by atoms with Gasteiger partial charge in [-0.05, 0) is 54.6 Å². The van der Waals surface area contributed by atoms with Gasteiger partial charge in [0.2, 0.25) is 5.88 Å². The summed E-state index contributed by atoms with van der Waals surface area (Å²) in [5, 5.41) is 2.67. The fourth-order valence-corrected chi connectivity index (χ4v) is 3.43. The second-order valence-corrected chi connectivity index (χ2v) is 7.75. The van der Waals surface area contributed by atoms with Crippen molar-refractivity contribution in [2.24, 2.45) is 0 Å². The summed E-state index contributed by atoms with van der Waals surface area (Å²) < 4.78 is 45.6. The standard InChI is InChI=1S/C21H18FN3O4S/c1-2-13-23-21(26)15-3-8-18(9-4-15)29-20-12-7-17(14-24-20)25-30(27,28)19-10-5-16(22)6-11-19/h2-12,14,25H,1,13H2,(H,23,26). The Hall–Kier alpha value is -3.72. The molecule has 1 amide bonds. The Morgan fingerprint density at radius 3 is 2.37 bits per heavy atom. The lowest BCUT2D eigenvalue weighted by atomic mass is 10.2. The third kappa shape index (κ3) is 5.42. The first-order valence-corrected chi connectivity index (χ1v) is 10.3. The molecular formula is C21H18FN3O4S. The third-order valence-electron chi connectivity index (χ3n) is 3.86. The highest BCUT2D eigenvalue weighted by Gasteiger charge is 2.14. The van der Waals surface area contributed by atoms with Crippen LogP contribution in [0.2, 0.25) is 0 Å². The number of hydrogen-bond donors (Lipinski definition) is 2. The predicted octanol–water partition coefficient (Wildman–Crippen LogP) is 3.73. The van der Waals surface area contributed by atoms with Gasteiger partial charge in [0.15, 0.2) is 0 Å². The van der Waals surface area contributed by atoms with E-state index in [1.807, 2.05) is 0 Å². The van der Waals surface area contributed by atoms with Gasteiger partial charge < -0.3 is 10.1 Å². The second kappa shape index (κ2) is 9.19. The van der Waals surface area contributed by atoms with Crippen LogP contribution in [0.25, 0.3) is 0 Å². The molecule has 2 N–H and O–H groups in total. The lowest BCUT2D eigenvalue weighted by Crippen LogP contribution is -2.22. The summed E-state index contributed by atoms with van der Waals surface area (Å²) in [5.41, 5.74) is 0.698. The van der Waals surface area contributed by atoms with Crippen molar-refractivity contribution in [3.8, 4) is 11.6 Å². The number of hydrogen-bond acceptors (Lipinski definition) is 5. The SMILES string of the molecule is C=CCNC(=O)c1ccc(Oc2ccc(NS(=O)(=O)c3ccc(F)cc3)cn2)cc1. The minimum Gasteiger partial charge on any atom is -0.439 e. The predicted molar refractivity (Wildman–Crippen MR) is 110 cm³/mol. The molecule has 0 radical (unpaired) electrons. The molecule has 0 saturated carbocycles. The number of nitrogens with one attached hydrogen (secondary N) is 2. The van der Waals surface area contributed by atoms with E-state index >= 15 is 0 Å². The number of rotatable bonds is 8. The molecule has 0 aliphatic heterocycles. The van der Waals surface area contributed by atoms with Gasteiger partial charge in [-0.1, -0.05) is 6.08 Å². The first-order valence-electron chi connectivity index (χ1n) is 8.79. The third-order valence-corrected chi connectivity index (χ3v) is 5.26. The number of anilines is 1. The van der Waals surface area contributed by atoms with Crippen LogP contribution in [0.15, 0.2) is 84.4 Å². The molecule has 0 bridgehead atoms. The molecule has 2 aromatic carbocycles. The Balaban J connectivity index is 1.64. The van der Waals surface area contributed by atoms with Crippen LogP contribution in [0.3, 0.4) is 0 Å². The van der Waals surface area contributed by atoms with Crippen molar-refractivity contribution in [3.05, 3.63) is 90.9 Å². The normalized spacial score (nSPS) is 10.8. The van der Waals surface area contributed by atoms with E-state index in [2.05, 4.69) is 21.6 Å². The van der Waals surface area contributed by atoms with Crippen LogP contribution >= 0.6 is 0 Å². The minimum atomic E-state index is -3.86. The van der Waals surface area contributed by atoms with Crippen molar-refractivity contribution >= 4 is 21.6 Å². The van der Waals surface area contributed by atoms with Gasteiger partial charge >= 0.3 is 0 Å². The summed E-state index contributed by atoms with van der Waals surface area (Å²) in [6.45, 7) is 3.91. The number of amides is 1. The fourth-order valence-electron chi connectivity index (χ4n) is 2.39. The van der Waals surface area contributed by atoms with E-state index < -0.39 is 15.8 Å². The summed E-state index contributed by atoms with van der Waals surface area (Å²) in [4.78, 5) is 15.9. The summed E-state index contributed by atoms with van der Waals surface area (Å²) in [6.07, 6.45) is 2.89. The average molecular weight is 427 g/mol. The topological polar surface area (TPSA) is 97.4 Å². The van der Waals surface area contributed by atoms with E-state index in [1.165, 1.54) is 30.5 Å². The molecule has 9 heteroatoms. The molecule has 3 aromatic rings. The van der Waals surface area contributed by atoms with Crippen LogP contribution in [0.5, 0.6) is 11.6 Å². The summed E-state index contributed by atoms with van der Waals surface area (Å²) >= 11 is 0. The van der Waals surface area contributed by atoms with Crippen molar-refractivity contribution in [2.45, 2.75) is 4.90 Å². The van der Waals surface area contributed by atoms with Crippen molar-refractivity contribution < 1.29 is 22.3 Å². The Bertz CT molecular complexity index is 1130. The number of halogens is 1. The van der Waals surface area contributed by atoms with E-state index in [1.54, 1.807) is 30.3 Å². The lowest BCUT2D eigenvalue weighted by molar-refractivity contribution is 0.0958. The first-order chi connectivity index (χ1) is 14.4. The summed E-state index contributed by atoms with van der Waals surface area (Å²) in [7, 11) is -3.86. The van der Waals surface area contributed by atoms with Gasteiger partial charge in [-0.2, -0.15) is 0 Å². The zero-order chi connectivity index (χ0) is 21.6. The maximum Gasteiger partial charge on any atom is 0.261 e. The number of sulfonamides is 1. The van der Waals surface area contributed by atoms with Crippen molar-refractivity contribution in [1.82, 2.24) is 10.3 Å². The molecule has 0 unspecified atom stereocenters. The van der Waals surface area contributed by atoms with Crippen LogP contribution in [0.4, 0.5) is 10.1 Å². The summed E-state index contributed by atoms with van der Waals surface area (Å²) in [5.74, 6) is -0.0501.